The molecule has 2 aromatic rings. The Morgan fingerprint density at radius 3 is 2.92 bits per heavy atom. The quantitative estimate of drug-likeness (QED) is 0.748. The largest absolute Gasteiger partial charge is 0.352 e. The fraction of sp³-hybridized carbons (Fsp3) is 0.316. The standard InChI is InChI=1S/C19H21FN4O2/c20-14-5-1-6-15(13-14)23-18-16(7-2-9-21-18)19(26)22-10-4-12-24-11-3-8-17(24)25/h1-2,5-7,9,13H,3-4,8,10-12H2,(H,21,23)(H,22,26). The van der Waals surface area contributed by atoms with Crippen molar-refractivity contribution in [3.8, 4) is 0 Å². The summed E-state index contributed by atoms with van der Waals surface area (Å²) in [6, 6.07) is 9.31. The number of amides is 2. The molecule has 3 rings (SSSR count). The first-order valence-corrected chi connectivity index (χ1v) is 8.67. The molecule has 2 heterocycles. The summed E-state index contributed by atoms with van der Waals surface area (Å²) in [4.78, 5) is 30.0. The number of carbonyl (C=O) groups is 2. The molecule has 136 valence electrons. The second-order valence-corrected chi connectivity index (χ2v) is 6.13. The lowest BCUT2D eigenvalue weighted by atomic mass is 10.2. The molecule has 1 saturated heterocycles. The fourth-order valence-electron chi connectivity index (χ4n) is 2.90. The van der Waals surface area contributed by atoms with E-state index in [4.69, 9.17) is 0 Å². The summed E-state index contributed by atoms with van der Waals surface area (Å²) in [5.41, 5.74) is 0.902. The van der Waals surface area contributed by atoms with E-state index in [2.05, 4.69) is 15.6 Å². The first-order chi connectivity index (χ1) is 12.6. The molecule has 1 aliphatic rings. The van der Waals surface area contributed by atoms with Crippen LogP contribution in [0.25, 0.3) is 0 Å². The molecule has 0 bridgehead atoms. The minimum absolute atomic E-state index is 0.185. The molecule has 1 aliphatic heterocycles. The van der Waals surface area contributed by atoms with Gasteiger partial charge in [-0.2, -0.15) is 0 Å². The molecule has 0 unspecified atom stereocenters. The van der Waals surface area contributed by atoms with Crippen molar-refractivity contribution in [3.63, 3.8) is 0 Å². The average molecular weight is 356 g/mol. The van der Waals surface area contributed by atoms with Crippen LogP contribution in [-0.2, 0) is 4.79 Å². The van der Waals surface area contributed by atoms with Crippen LogP contribution in [0.15, 0.2) is 42.6 Å². The van der Waals surface area contributed by atoms with Crippen LogP contribution in [-0.4, -0.2) is 41.3 Å². The number of nitrogens with one attached hydrogen (secondary N) is 2. The lowest BCUT2D eigenvalue weighted by Crippen LogP contribution is -2.31. The summed E-state index contributed by atoms with van der Waals surface area (Å²) in [6.45, 7) is 1.93. The zero-order chi connectivity index (χ0) is 18.4. The number of hydrogen-bond acceptors (Lipinski definition) is 4. The van der Waals surface area contributed by atoms with Crippen molar-refractivity contribution in [2.24, 2.45) is 0 Å². The van der Waals surface area contributed by atoms with Gasteiger partial charge in [0.15, 0.2) is 0 Å². The Hall–Kier alpha value is -2.96. The predicted molar refractivity (Wildman–Crippen MR) is 96.7 cm³/mol. The first-order valence-electron chi connectivity index (χ1n) is 8.67. The number of likely N-dealkylation sites (tertiary alicyclic amines) is 1. The number of benzene rings is 1. The summed E-state index contributed by atoms with van der Waals surface area (Å²) >= 11 is 0. The maximum atomic E-state index is 13.3. The van der Waals surface area contributed by atoms with Crippen LogP contribution in [0.2, 0.25) is 0 Å². The Morgan fingerprint density at radius 1 is 1.27 bits per heavy atom. The van der Waals surface area contributed by atoms with E-state index in [0.717, 1.165) is 13.0 Å². The number of rotatable bonds is 7. The van der Waals surface area contributed by atoms with Crippen LogP contribution in [0.4, 0.5) is 15.9 Å². The lowest BCUT2D eigenvalue weighted by molar-refractivity contribution is -0.127. The summed E-state index contributed by atoms with van der Waals surface area (Å²) < 4.78 is 13.3. The highest BCUT2D eigenvalue weighted by molar-refractivity contribution is 5.99. The van der Waals surface area contributed by atoms with E-state index in [0.29, 0.717) is 43.0 Å². The number of pyridine rings is 1. The molecule has 1 aromatic heterocycles. The smallest absolute Gasteiger partial charge is 0.255 e. The maximum absolute atomic E-state index is 13.3. The van der Waals surface area contributed by atoms with Crippen molar-refractivity contribution in [1.82, 2.24) is 15.2 Å². The van der Waals surface area contributed by atoms with Gasteiger partial charge in [-0.3, -0.25) is 9.59 Å². The van der Waals surface area contributed by atoms with Crippen LogP contribution in [0.1, 0.15) is 29.6 Å². The summed E-state index contributed by atoms with van der Waals surface area (Å²) in [7, 11) is 0. The second-order valence-electron chi connectivity index (χ2n) is 6.13. The molecule has 7 heteroatoms. The molecule has 0 saturated carbocycles. The van der Waals surface area contributed by atoms with E-state index in [1.165, 1.54) is 12.1 Å². The van der Waals surface area contributed by atoms with Crippen molar-refractivity contribution in [2.75, 3.05) is 25.0 Å². The van der Waals surface area contributed by atoms with Gasteiger partial charge in [-0.25, -0.2) is 9.37 Å². The third-order valence-electron chi connectivity index (χ3n) is 4.20. The Morgan fingerprint density at radius 2 is 2.15 bits per heavy atom. The molecule has 1 fully saturated rings. The summed E-state index contributed by atoms with van der Waals surface area (Å²) in [6.07, 6.45) is 3.80. The number of halogens is 1. The van der Waals surface area contributed by atoms with Crippen molar-refractivity contribution in [2.45, 2.75) is 19.3 Å². The number of anilines is 2. The van der Waals surface area contributed by atoms with Gasteiger partial charge in [0.1, 0.15) is 11.6 Å². The second kappa shape index (κ2) is 8.42. The molecular formula is C19H21FN4O2. The van der Waals surface area contributed by atoms with Crippen LogP contribution in [0.3, 0.4) is 0 Å². The normalized spacial score (nSPS) is 13.7. The van der Waals surface area contributed by atoms with Gasteiger partial charge < -0.3 is 15.5 Å². The SMILES string of the molecule is O=C(NCCCN1CCCC1=O)c1cccnc1Nc1cccc(F)c1. The van der Waals surface area contributed by atoms with Gasteiger partial charge in [0.05, 0.1) is 5.56 Å². The zero-order valence-electron chi connectivity index (χ0n) is 14.4. The molecule has 2 N–H and O–H groups in total. The first kappa shape index (κ1) is 17.8. The molecule has 0 spiro atoms. The highest BCUT2D eigenvalue weighted by Gasteiger charge is 2.19. The molecule has 26 heavy (non-hydrogen) atoms. The average Bonchev–Trinajstić information content (AvgIpc) is 3.04. The fourth-order valence-corrected chi connectivity index (χ4v) is 2.90. The van der Waals surface area contributed by atoms with Gasteiger partial charge >= 0.3 is 0 Å². The number of aromatic nitrogens is 1. The molecule has 2 amide bonds. The van der Waals surface area contributed by atoms with Gasteiger partial charge in [-0.05, 0) is 43.2 Å². The maximum Gasteiger partial charge on any atom is 0.255 e. The topological polar surface area (TPSA) is 74.3 Å². The van der Waals surface area contributed by atoms with Gasteiger partial charge in [0.2, 0.25) is 5.91 Å². The van der Waals surface area contributed by atoms with Crippen LogP contribution in [0.5, 0.6) is 0 Å². The highest BCUT2D eigenvalue weighted by Crippen LogP contribution is 2.19. The molecule has 6 nitrogen and oxygen atoms in total. The Balaban J connectivity index is 1.56. The van der Waals surface area contributed by atoms with E-state index in [-0.39, 0.29) is 17.6 Å². The highest BCUT2D eigenvalue weighted by atomic mass is 19.1. The van der Waals surface area contributed by atoms with Crippen molar-refractivity contribution < 1.29 is 14.0 Å². The molecule has 1 aromatic carbocycles. The molecule has 0 aliphatic carbocycles. The molecule has 0 radical (unpaired) electrons. The Labute approximate surface area is 151 Å². The van der Waals surface area contributed by atoms with Crippen molar-refractivity contribution in [1.29, 1.82) is 0 Å². The summed E-state index contributed by atoms with van der Waals surface area (Å²) in [5.74, 6) is -0.0753. The zero-order valence-corrected chi connectivity index (χ0v) is 14.4. The number of nitrogens with zero attached hydrogens (tertiary/aromatic N) is 2. The van der Waals surface area contributed by atoms with E-state index in [9.17, 15) is 14.0 Å². The third kappa shape index (κ3) is 4.56. The van der Waals surface area contributed by atoms with E-state index in [1.54, 1.807) is 30.5 Å². The van der Waals surface area contributed by atoms with E-state index in [1.807, 2.05) is 4.90 Å². The molecular weight excluding hydrogens is 335 g/mol. The Kier molecular flexibility index (Phi) is 5.78. The minimum atomic E-state index is -0.367. The lowest BCUT2D eigenvalue weighted by Gasteiger charge is -2.15. The van der Waals surface area contributed by atoms with Gasteiger partial charge in [-0.15, -0.1) is 0 Å². The van der Waals surface area contributed by atoms with E-state index >= 15 is 0 Å². The van der Waals surface area contributed by atoms with Crippen LogP contribution in [0, 0.1) is 5.82 Å². The van der Waals surface area contributed by atoms with Gasteiger partial charge in [0.25, 0.3) is 5.91 Å². The number of carbonyl (C=O) groups excluding carboxylic acids is 2. The van der Waals surface area contributed by atoms with Gasteiger partial charge in [0, 0.05) is 37.9 Å². The molecule has 0 atom stereocenters. The van der Waals surface area contributed by atoms with Gasteiger partial charge in [-0.1, -0.05) is 6.07 Å². The summed E-state index contributed by atoms with van der Waals surface area (Å²) in [5, 5.41) is 5.81. The van der Waals surface area contributed by atoms with Crippen LogP contribution >= 0.6 is 0 Å². The Bertz CT molecular complexity index is 797. The van der Waals surface area contributed by atoms with Crippen LogP contribution < -0.4 is 10.6 Å². The minimum Gasteiger partial charge on any atom is -0.352 e. The van der Waals surface area contributed by atoms with Crippen molar-refractivity contribution >= 4 is 23.3 Å². The predicted octanol–water partition coefficient (Wildman–Crippen LogP) is 2.71. The third-order valence-corrected chi connectivity index (χ3v) is 4.20. The van der Waals surface area contributed by atoms with Crippen molar-refractivity contribution in [3.05, 3.63) is 54.0 Å². The van der Waals surface area contributed by atoms with E-state index < -0.39 is 0 Å². The number of hydrogen-bond donors (Lipinski definition) is 2. The monoisotopic (exact) mass is 356 g/mol.